The van der Waals surface area contributed by atoms with E-state index in [0.717, 1.165) is 5.69 Å². The Balaban J connectivity index is 1.62. The van der Waals surface area contributed by atoms with Crippen LogP contribution >= 0.6 is 0 Å². The summed E-state index contributed by atoms with van der Waals surface area (Å²) in [5, 5.41) is 3.96. The summed E-state index contributed by atoms with van der Waals surface area (Å²) in [4.78, 5) is 8.59. The predicted molar refractivity (Wildman–Crippen MR) is 65.7 cm³/mol. The van der Waals surface area contributed by atoms with Crippen molar-refractivity contribution < 1.29 is 4.52 Å². The first-order valence-electron chi connectivity index (χ1n) is 6.28. The van der Waals surface area contributed by atoms with Gasteiger partial charge in [0.05, 0.1) is 6.42 Å². The Bertz CT molecular complexity index is 507. The van der Waals surface area contributed by atoms with Crippen molar-refractivity contribution in [2.75, 3.05) is 0 Å². The summed E-state index contributed by atoms with van der Waals surface area (Å²) in [5.41, 5.74) is 6.97. The summed E-state index contributed by atoms with van der Waals surface area (Å²) in [6, 6.07) is 5.95. The Hall–Kier alpha value is -1.75. The molecule has 5 heteroatoms. The Morgan fingerprint density at radius 3 is 3.00 bits per heavy atom. The summed E-state index contributed by atoms with van der Waals surface area (Å²) < 4.78 is 5.22. The fourth-order valence-electron chi connectivity index (χ4n) is 2.00. The summed E-state index contributed by atoms with van der Waals surface area (Å²) >= 11 is 0. The Morgan fingerprint density at radius 1 is 1.39 bits per heavy atom. The summed E-state index contributed by atoms with van der Waals surface area (Å²) in [7, 11) is 0. The van der Waals surface area contributed by atoms with Gasteiger partial charge < -0.3 is 10.3 Å². The van der Waals surface area contributed by atoms with Gasteiger partial charge in [-0.1, -0.05) is 11.2 Å². The van der Waals surface area contributed by atoms with E-state index in [4.69, 9.17) is 10.3 Å². The van der Waals surface area contributed by atoms with Crippen LogP contribution in [0.4, 0.5) is 0 Å². The lowest BCUT2D eigenvalue weighted by molar-refractivity contribution is 0.359. The Labute approximate surface area is 105 Å². The van der Waals surface area contributed by atoms with Crippen molar-refractivity contribution in [3.63, 3.8) is 0 Å². The lowest BCUT2D eigenvalue weighted by Gasteiger charge is -2.04. The van der Waals surface area contributed by atoms with Crippen molar-refractivity contribution in [3.8, 4) is 0 Å². The zero-order valence-corrected chi connectivity index (χ0v) is 10.1. The summed E-state index contributed by atoms with van der Waals surface area (Å²) in [6.45, 7) is 0. The van der Waals surface area contributed by atoms with Crippen LogP contribution in [0.25, 0.3) is 0 Å². The minimum atomic E-state index is 0.160. The van der Waals surface area contributed by atoms with E-state index in [-0.39, 0.29) is 6.04 Å². The lowest BCUT2D eigenvalue weighted by Crippen LogP contribution is -2.25. The molecule has 18 heavy (non-hydrogen) atoms. The first kappa shape index (κ1) is 11.3. The van der Waals surface area contributed by atoms with E-state index < -0.39 is 0 Å². The van der Waals surface area contributed by atoms with Crippen LogP contribution in [0.3, 0.4) is 0 Å². The van der Waals surface area contributed by atoms with Gasteiger partial charge in [0.2, 0.25) is 5.89 Å². The van der Waals surface area contributed by atoms with Gasteiger partial charge in [-0.3, -0.25) is 4.98 Å². The molecular weight excluding hydrogens is 228 g/mol. The molecule has 2 aromatic heterocycles. The van der Waals surface area contributed by atoms with Gasteiger partial charge in [-0.15, -0.1) is 0 Å². The maximum Gasteiger partial charge on any atom is 0.228 e. The number of rotatable bonds is 5. The topological polar surface area (TPSA) is 77.8 Å². The fourth-order valence-corrected chi connectivity index (χ4v) is 2.00. The quantitative estimate of drug-likeness (QED) is 0.858. The molecule has 2 N–H and O–H groups in total. The number of nitrogens with two attached hydrogens (primary N) is 1. The normalized spacial score (nSPS) is 16.7. The zero-order chi connectivity index (χ0) is 12.4. The number of nitrogens with zero attached hydrogens (tertiary/aromatic N) is 3. The average Bonchev–Trinajstić information content (AvgIpc) is 3.15. The second kappa shape index (κ2) is 4.86. The first-order chi connectivity index (χ1) is 8.81. The smallest absolute Gasteiger partial charge is 0.228 e. The van der Waals surface area contributed by atoms with Crippen molar-refractivity contribution >= 4 is 0 Å². The molecule has 5 nitrogen and oxygen atoms in total. The maximum atomic E-state index is 6.03. The molecule has 1 aliphatic carbocycles. The largest absolute Gasteiger partial charge is 0.339 e. The van der Waals surface area contributed by atoms with Crippen LogP contribution in [0.15, 0.2) is 28.9 Å². The van der Waals surface area contributed by atoms with Gasteiger partial charge in [0.1, 0.15) is 0 Å². The van der Waals surface area contributed by atoms with Gasteiger partial charge in [0, 0.05) is 24.4 Å². The van der Waals surface area contributed by atoms with E-state index in [1.54, 1.807) is 6.20 Å². The predicted octanol–water partition coefficient (Wildman–Crippen LogP) is 1.34. The van der Waals surface area contributed by atoms with Gasteiger partial charge in [0.25, 0.3) is 0 Å². The SMILES string of the molecule is NC(Cc1nc(Cc2ccccn2)no1)C1CC1. The molecule has 94 valence electrons. The molecule has 1 unspecified atom stereocenters. The van der Waals surface area contributed by atoms with Gasteiger partial charge in [-0.05, 0) is 30.9 Å². The van der Waals surface area contributed by atoms with Crippen molar-refractivity contribution in [2.24, 2.45) is 11.7 Å². The van der Waals surface area contributed by atoms with Crippen molar-refractivity contribution in [1.29, 1.82) is 0 Å². The molecule has 0 aliphatic heterocycles. The van der Waals surface area contributed by atoms with E-state index in [1.165, 1.54) is 12.8 Å². The highest BCUT2D eigenvalue weighted by molar-refractivity contribution is 5.09. The highest BCUT2D eigenvalue weighted by Crippen LogP contribution is 2.32. The van der Waals surface area contributed by atoms with Crippen LogP contribution in [0.5, 0.6) is 0 Å². The monoisotopic (exact) mass is 244 g/mol. The third-order valence-corrected chi connectivity index (χ3v) is 3.21. The molecule has 2 aromatic rings. The number of aromatic nitrogens is 3. The molecule has 0 aromatic carbocycles. The van der Waals surface area contributed by atoms with Crippen LogP contribution in [-0.2, 0) is 12.8 Å². The maximum absolute atomic E-state index is 6.03. The number of hydrogen-bond donors (Lipinski definition) is 1. The van der Waals surface area contributed by atoms with Crippen LogP contribution in [-0.4, -0.2) is 21.2 Å². The van der Waals surface area contributed by atoms with Crippen LogP contribution in [0, 0.1) is 5.92 Å². The average molecular weight is 244 g/mol. The number of pyridine rings is 1. The number of hydrogen-bond acceptors (Lipinski definition) is 5. The van der Waals surface area contributed by atoms with Gasteiger partial charge in [-0.25, -0.2) is 0 Å². The molecule has 0 saturated heterocycles. The van der Waals surface area contributed by atoms with Gasteiger partial charge >= 0.3 is 0 Å². The standard InChI is InChI=1S/C13H16N4O/c14-11(9-4-5-9)8-13-16-12(17-18-13)7-10-3-1-2-6-15-10/h1-3,6,9,11H,4-5,7-8,14H2. The molecule has 2 heterocycles. The van der Waals surface area contributed by atoms with Crippen molar-refractivity contribution in [3.05, 3.63) is 41.8 Å². The van der Waals surface area contributed by atoms with Crippen molar-refractivity contribution in [2.45, 2.75) is 31.7 Å². The zero-order valence-electron chi connectivity index (χ0n) is 10.1. The van der Waals surface area contributed by atoms with E-state index in [2.05, 4.69) is 15.1 Å². The minimum absolute atomic E-state index is 0.160. The molecule has 1 aliphatic rings. The van der Waals surface area contributed by atoms with Gasteiger partial charge in [0.15, 0.2) is 5.82 Å². The summed E-state index contributed by atoms with van der Waals surface area (Å²) in [6.07, 6.45) is 5.51. The highest BCUT2D eigenvalue weighted by atomic mass is 16.5. The molecular formula is C13H16N4O. The summed E-state index contributed by atoms with van der Waals surface area (Å²) in [5.74, 6) is 1.96. The molecule has 0 amide bonds. The highest BCUT2D eigenvalue weighted by Gasteiger charge is 2.29. The molecule has 3 rings (SSSR count). The molecule has 1 fully saturated rings. The van der Waals surface area contributed by atoms with Crippen molar-refractivity contribution in [1.82, 2.24) is 15.1 Å². The third-order valence-electron chi connectivity index (χ3n) is 3.21. The molecule has 0 radical (unpaired) electrons. The molecule has 0 spiro atoms. The minimum Gasteiger partial charge on any atom is -0.339 e. The fraction of sp³-hybridized carbons (Fsp3) is 0.462. The van der Waals surface area contributed by atoms with E-state index >= 15 is 0 Å². The third kappa shape index (κ3) is 2.73. The second-order valence-corrected chi connectivity index (χ2v) is 4.81. The van der Waals surface area contributed by atoms with E-state index in [9.17, 15) is 0 Å². The molecule has 0 bridgehead atoms. The molecule has 1 saturated carbocycles. The first-order valence-corrected chi connectivity index (χ1v) is 6.28. The molecule has 1 atom stereocenters. The second-order valence-electron chi connectivity index (χ2n) is 4.81. The lowest BCUT2D eigenvalue weighted by atomic mass is 10.1. The van der Waals surface area contributed by atoms with Gasteiger partial charge in [-0.2, -0.15) is 4.98 Å². The van der Waals surface area contributed by atoms with E-state index in [1.807, 2.05) is 18.2 Å². The van der Waals surface area contributed by atoms with E-state index in [0.29, 0.717) is 30.5 Å². The van der Waals surface area contributed by atoms with Crippen LogP contribution < -0.4 is 5.73 Å². The Kier molecular flexibility index (Phi) is 3.06. The Morgan fingerprint density at radius 2 is 2.28 bits per heavy atom. The van der Waals surface area contributed by atoms with Crippen LogP contribution in [0.1, 0.15) is 30.3 Å². The van der Waals surface area contributed by atoms with Crippen LogP contribution in [0.2, 0.25) is 0 Å².